The highest BCUT2D eigenvalue weighted by atomic mass is 15.2. The van der Waals surface area contributed by atoms with Crippen molar-refractivity contribution in [3.63, 3.8) is 0 Å². The van der Waals surface area contributed by atoms with Gasteiger partial charge in [-0.1, -0.05) is 358 Å². The third kappa shape index (κ3) is 14.7. The van der Waals surface area contributed by atoms with Gasteiger partial charge in [-0.15, -0.1) is 0 Å². The first-order chi connectivity index (χ1) is 67.9. The Morgan fingerprint density at radius 2 is 0.321 bits per heavy atom. The molecule has 0 amide bonds. The van der Waals surface area contributed by atoms with Gasteiger partial charge < -0.3 is 9.13 Å². The molecule has 0 spiro atoms. The average molecular weight is 1750 g/mol. The number of aromatic nitrogens is 14. The van der Waals surface area contributed by atoms with Crippen molar-refractivity contribution in [1.29, 1.82) is 0 Å². The van der Waals surface area contributed by atoms with Crippen LogP contribution in [-0.4, -0.2) is 67.7 Å². The average Bonchev–Trinajstić information content (AvgIpc) is 1.60. The number of benzene rings is 19. The third-order valence-corrected chi connectivity index (χ3v) is 25.9. The van der Waals surface area contributed by atoms with Crippen molar-refractivity contribution in [1.82, 2.24) is 67.7 Å². The maximum atomic E-state index is 5.08. The summed E-state index contributed by atoms with van der Waals surface area (Å²) in [7, 11) is 0. The lowest BCUT2D eigenvalue weighted by atomic mass is 10.0. The van der Waals surface area contributed by atoms with Crippen LogP contribution in [0.2, 0.25) is 0 Å². The zero-order chi connectivity index (χ0) is 90.6. The highest BCUT2D eigenvalue weighted by Crippen LogP contribution is 2.44. The third-order valence-electron chi connectivity index (χ3n) is 25.9. The van der Waals surface area contributed by atoms with Crippen molar-refractivity contribution in [2.45, 2.75) is 0 Å². The predicted molar refractivity (Wildman–Crippen MR) is 560 cm³/mol. The molecule has 0 fully saturated rings. The number of nitrogens with zero attached hydrogens (tertiary/aromatic N) is 14. The smallest absolute Gasteiger partial charge is 0.238 e. The van der Waals surface area contributed by atoms with E-state index in [0.717, 1.165) is 110 Å². The van der Waals surface area contributed by atoms with Crippen molar-refractivity contribution in [3.8, 4) is 131 Å². The van der Waals surface area contributed by atoms with Crippen molar-refractivity contribution in [2.75, 3.05) is 0 Å². The molecular weight excluding hydrogens is 1670 g/mol. The van der Waals surface area contributed by atoms with E-state index in [4.69, 9.17) is 34.9 Å². The van der Waals surface area contributed by atoms with Crippen LogP contribution >= 0.6 is 0 Å². The summed E-state index contributed by atoms with van der Waals surface area (Å²) in [5.41, 5.74) is 27.5. The van der Waals surface area contributed by atoms with Gasteiger partial charge in [0.2, 0.25) is 17.8 Å². The molecule has 0 bridgehead atoms. The summed E-state index contributed by atoms with van der Waals surface area (Å²) < 4.78 is 11.2. The SMILES string of the molecule is c1ccc(-c2ccc3c(c2)c2cc(-c4ccccc4)ccc2n3-c2nc(-c3ccccc3)nc(-c3ccccc3)n2)cc1.c1ccc(-c2nc(-c3ccccc3)nc(-n3c4ccccc4c4cc(-c5ccc6c(c5)c5ccccc5n6-c5ccccc5)ccc43)n2)cc1.c1ccc(-c2ncnc(-n3c4ccccc4c4cc(-c5ccc6c(c5)c5ccccc5n6-c5ccccc5)ccc43)n2)cc1. The molecule has 137 heavy (non-hydrogen) atoms. The van der Waals surface area contributed by atoms with Crippen LogP contribution in [0.4, 0.5) is 0 Å². The van der Waals surface area contributed by atoms with E-state index in [9.17, 15) is 0 Å². The van der Waals surface area contributed by atoms with Gasteiger partial charge in [0.25, 0.3) is 0 Å². The van der Waals surface area contributed by atoms with Crippen molar-refractivity contribution < 1.29 is 0 Å². The van der Waals surface area contributed by atoms with E-state index in [1.165, 1.54) is 82.6 Å². The normalized spacial score (nSPS) is 11.5. The molecule has 0 aliphatic carbocycles. The summed E-state index contributed by atoms with van der Waals surface area (Å²) in [4.78, 5) is 44.1. The predicted octanol–water partition coefficient (Wildman–Crippen LogP) is 30.1. The minimum absolute atomic E-state index is 0.590. The molecule has 0 saturated carbocycles. The number of hydrogen-bond acceptors (Lipinski definition) is 9. The van der Waals surface area contributed by atoms with Crippen LogP contribution in [0.25, 0.3) is 240 Å². The van der Waals surface area contributed by atoms with E-state index in [-0.39, 0.29) is 0 Å². The standard InChI is InChI=1S/C45H29N5.C39H25N5.C39H26N4/c1-4-14-30(15-5-1)43-46-44(31-16-6-2-7-17-31)48-45(47-43)50-40-23-13-11-21-36(40)38-29-33(25-27-42(38)50)32-24-26-41-37(28-32)35-20-10-12-22-39(35)49(41)34-18-8-3-9-19-34;1-3-11-26(12-4-1)38-40-25-41-39(42-38)44-35-18-10-8-16-31(35)33-24-28(20-22-37(33)44)27-19-21-36-32(23-27)30-15-7-9-17-34(30)43(36)29-13-5-2-6-14-29;1-5-13-27(14-6-1)31-21-23-35-33(25-31)34-26-32(28-15-7-2-8-16-28)22-24-36(34)43(35)39-41-37(29-17-9-3-10-18-29)40-38(42-39)30-19-11-4-12-20-30/h1-29H;1-25H;1-26H. The minimum atomic E-state index is 0.590. The maximum absolute atomic E-state index is 5.08. The van der Waals surface area contributed by atoms with Gasteiger partial charge in [0, 0.05) is 93.1 Å². The molecule has 0 N–H and O–H groups in total. The lowest BCUT2D eigenvalue weighted by Crippen LogP contribution is -2.06. The summed E-state index contributed by atoms with van der Waals surface area (Å²) in [5.74, 6) is 5.00. The lowest BCUT2D eigenvalue weighted by molar-refractivity contribution is 0.946. The van der Waals surface area contributed by atoms with E-state index in [2.05, 4.69) is 360 Å². The molecule has 0 saturated heterocycles. The zero-order valence-corrected chi connectivity index (χ0v) is 73.9. The second-order valence-electron chi connectivity index (χ2n) is 34.0. The van der Waals surface area contributed by atoms with Crippen molar-refractivity contribution >= 4 is 109 Å². The number of hydrogen-bond donors (Lipinski definition) is 0. The fourth-order valence-electron chi connectivity index (χ4n) is 19.5. The Labute approximate surface area is 787 Å². The van der Waals surface area contributed by atoms with E-state index in [1.807, 2.05) is 152 Å². The zero-order valence-electron chi connectivity index (χ0n) is 73.9. The minimum Gasteiger partial charge on any atom is -0.309 e. The van der Waals surface area contributed by atoms with Gasteiger partial charge in [-0.3, -0.25) is 13.7 Å². The molecule has 8 heterocycles. The second-order valence-corrected chi connectivity index (χ2v) is 34.0. The second kappa shape index (κ2) is 34.5. The Morgan fingerprint density at radius 3 is 0.606 bits per heavy atom. The van der Waals surface area contributed by atoms with Gasteiger partial charge >= 0.3 is 0 Å². The number of rotatable bonds is 14. The van der Waals surface area contributed by atoms with Crippen molar-refractivity contribution in [2.24, 2.45) is 0 Å². The molecule has 14 nitrogen and oxygen atoms in total. The van der Waals surface area contributed by atoms with Gasteiger partial charge in [0.05, 0.1) is 55.2 Å². The van der Waals surface area contributed by atoms with Gasteiger partial charge in [-0.2, -0.15) is 24.9 Å². The molecule has 0 atom stereocenters. The fourth-order valence-corrected chi connectivity index (χ4v) is 19.5. The van der Waals surface area contributed by atoms with E-state index in [0.29, 0.717) is 47.0 Å². The Kier molecular flexibility index (Phi) is 20.2. The summed E-state index contributed by atoms with van der Waals surface area (Å²) >= 11 is 0. The van der Waals surface area contributed by atoms with Crippen LogP contribution in [0.1, 0.15) is 0 Å². The molecule has 14 heteroatoms. The Morgan fingerprint density at radius 1 is 0.124 bits per heavy atom. The van der Waals surface area contributed by atoms with Crippen molar-refractivity contribution in [3.05, 3.63) is 486 Å². The maximum Gasteiger partial charge on any atom is 0.238 e. The molecule has 27 rings (SSSR count). The molecule has 19 aromatic carbocycles. The molecule has 8 aromatic heterocycles. The van der Waals surface area contributed by atoms with Crippen LogP contribution in [-0.2, 0) is 0 Å². The van der Waals surface area contributed by atoms with E-state index < -0.39 is 0 Å². The largest absolute Gasteiger partial charge is 0.309 e. The highest BCUT2D eigenvalue weighted by Gasteiger charge is 2.25. The monoisotopic (exact) mass is 1750 g/mol. The quantitative estimate of drug-likeness (QED) is 0.104. The van der Waals surface area contributed by atoms with Gasteiger partial charge in [-0.05, 0) is 166 Å². The molecule has 0 aliphatic heterocycles. The first-order valence-corrected chi connectivity index (χ1v) is 45.9. The number of fused-ring (bicyclic) bond motifs is 15. The van der Waals surface area contributed by atoms with Crippen LogP contribution in [0.3, 0.4) is 0 Å². The molecule has 642 valence electrons. The summed E-state index contributed by atoms with van der Waals surface area (Å²) in [5, 5.41) is 11.9. The lowest BCUT2D eigenvalue weighted by Gasteiger charge is -2.11. The van der Waals surface area contributed by atoms with Crippen LogP contribution in [0, 0.1) is 0 Å². The first-order valence-electron chi connectivity index (χ1n) is 45.9. The van der Waals surface area contributed by atoms with Gasteiger partial charge in [0.15, 0.2) is 29.1 Å². The first kappa shape index (κ1) is 80.3. The van der Waals surface area contributed by atoms with Gasteiger partial charge in [-0.25, -0.2) is 19.9 Å². The van der Waals surface area contributed by atoms with Crippen LogP contribution < -0.4 is 0 Å². The van der Waals surface area contributed by atoms with Gasteiger partial charge in [0.1, 0.15) is 6.33 Å². The highest BCUT2D eigenvalue weighted by molar-refractivity contribution is 6.16. The number of para-hydroxylation sites is 6. The van der Waals surface area contributed by atoms with E-state index >= 15 is 0 Å². The molecular formula is C123H80N14. The topological polar surface area (TPSA) is 141 Å². The molecule has 0 radical (unpaired) electrons. The molecule has 27 aromatic rings. The van der Waals surface area contributed by atoms with E-state index in [1.54, 1.807) is 6.33 Å². The Hall–Kier alpha value is -18.8. The molecule has 0 aliphatic rings. The summed E-state index contributed by atoms with van der Waals surface area (Å²) in [6.45, 7) is 0. The van der Waals surface area contributed by atoms with Crippen LogP contribution in [0.5, 0.6) is 0 Å². The van der Waals surface area contributed by atoms with Crippen LogP contribution in [0.15, 0.2) is 486 Å². The Balaban J connectivity index is 0.000000110. The summed E-state index contributed by atoms with van der Waals surface area (Å²) in [6.07, 6.45) is 1.60. The Bertz CT molecular complexity index is 9040. The summed E-state index contributed by atoms with van der Waals surface area (Å²) in [6, 6.07) is 167. The molecule has 0 unspecified atom stereocenters. The fraction of sp³-hybridized carbons (Fsp3) is 0.